The highest BCUT2D eigenvalue weighted by atomic mass is 79.9. The number of aryl methyl sites for hydroxylation is 1. The van der Waals surface area contributed by atoms with Crippen molar-refractivity contribution in [1.29, 1.82) is 0 Å². The first kappa shape index (κ1) is 23.1. The second-order valence-electron chi connectivity index (χ2n) is 5.73. The van der Waals surface area contributed by atoms with Gasteiger partial charge in [0.1, 0.15) is 11.5 Å². The van der Waals surface area contributed by atoms with E-state index in [1.165, 1.54) is 0 Å². The van der Waals surface area contributed by atoms with Crippen LogP contribution in [0, 0.1) is 6.92 Å². The van der Waals surface area contributed by atoms with Crippen LogP contribution in [0.3, 0.4) is 0 Å². The van der Waals surface area contributed by atoms with Crippen LogP contribution in [0.15, 0.2) is 45.3 Å². The number of carbonyl (C=O) groups is 2. The van der Waals surface area contributed by atoms with Gasteiger partial charge in [-0.05, 0) is 84.0 Å². The largest absolute Gasteiger partial charge is 0.493 e. The van der Waals surface area contributed by atoms with Crippen molar-refractivity contribution in [2.75, 3.05) is 13.2 Å². The Morgan fingerprint density at radius 3 is 2.45 bits per heavy atom. The molecule has 0 aliphatic rings. The van der Waals surface area contributed by atoms with Crippen molar-refractivity contribution < 1.29 is 19.1 Å². The fourth-order valence-electron chi connectivity index (χ4n) is 2.14. The summed E-state index contributed by atoms with van der Waals surface area (Å²) in [6.45, 7) is 4.10. The molecule has 154 valence electrons. The van der Waals surface area contributed by atoms with E-state index < -0.39 is 11.8 Å². The number of hydrogen-bond acceptors (Lipinski definition) is 5. The van der Waals surface area contributed by atoms with E-state index >= 15 is 0 Å². The van der Waals surface area contributed by atoms with Gasteiger partial charge in [-0.1, -0.05) is 15.9 Å². The minimum absolute atomic E-state index is 0.0483. The maximum Gasteiger partial charge on any atom is 0.276 e. The molecular weight excluding hydrogens is 526 g/mol. The molecule has 7 nitrogen and oxygen atoms in total. The molecule has 10 heteroatoms. The number of ether oxygens (including phenoxy) is 2. The maximum absolute atomic E-state index is 12.2. The van der Waals surface area contributed by atoms with E-state index in [1.807, 2.05) is 26.0 Å². The van der Waals surface area contributed by atoms with Gasteiger partial charge < -0.3 is 9.47 Å². The Labute approximate surface area is 190 Å². The molecule has 0 spiro atoms. The summed E-state index contributed by atoms with van der Waals surface area (Å²) in [4.78, 5) is 24.1. The molecule has 0 aromatic heterocycles. The van der Waals surface area contributed by atoms with Gasteiger partial charge in [-0.15, -0.1) is 0 Å². The third kappa shape index (κ3) is 7.30. The molecule has 0 aliphatic heterocycles. The third-order valence-corrected chi connectivity index (χ3v) is 5.25. The van der Waals surface area contributed by atoms with Crippen LogP contribution in [0.2, 0.25) is 0 Å². The van der Waals surface area contributed by atoms with Gasteiger partial charge in [0.05, 0.1) is 11.1 Å². The summed E-state index contributed by atoms with van der Waals surface area (Å²) < 4.78 is 12.4. The van der Waals surface area contributed by atoms with Crippen molar-refractivity contribution in [2.45, 2.75) is 13.8 Å². The second kappa shape index (κ2) is 11.1. The zero-order valence-electron chi connectivity index (χ0n) is 15.7. The van der Waals surface area contributed by atoms with E-state index in [0.717, 1.165) is 10.0 Å². The van der Waals surface area contributed by atoms with Crippen molar-refractivity contribution in [1.82, 2.24) is 16.2 Å². The van der Waals surface area contributed by atoms with E-state index in [1.54, 1.807) is 24.3 Å². The molecule has 29 heavy (non-hydrogen) atoms. The number of benzene rings is 2. The van der Waals surface area contributed by atoms with Crippen molar-refractivity contribution in [2.24, 2.45) is 0 Å². The fraction of sp³-hybridized carbons (Fsp3) is 0.211. The fourth-order valence-corrected chi connectivity index (χ4v) is 3.02. The highest BCUT2D eigenvalue weighted by Gasteiger charge is 2.11. The summed E-state index contributed by atoms with van der Waals surface area (Å²) in [6.07, 6.45) is 0. The molecule has 0 heterocycles. The molecule has 0 aliphatic carbocycles. The maximum atomic E-state index is 12.2. The first-order valence-corrected chi connectivity index (χ1v) is 10.5. The van der Waals surface area contributed by atoms with Gasteiger partial charge >= 0.3 is 0 Å². The van der Waals surface area contributed by atoms with Gasteiger partial charge in [-0.25, -0.2) is 0 Å². The molecule has 0 unspecified atom stereocenters. The molecule has 0 saturated carbocycles. The van der Waals surface area contributed by atoms with Crippen molar-refractivity contribution >= 4 is 61.0 Å². The number of hydrogen-bond donors (Lipinski definition) is 3. The van der Waals surface area contributed by atoms with Gasteiger partial charge in [0.15, 0.2) is 11.7 Å². The molecule has 3 N–H and O–H groups in total. The van der Waals surface area contributed by atoms with Crippen LogP contribution < -0.4 is 25.6 Å². The lowest BCUT2D eigenvalue weighted by atomic mass is 10.2. The predicted octanol–water partition coefficient (Wildman–Crippen LogP) is 3.63. The molecule has 2 amide bonds. The van der Waals surface area contributed by atoms with E-state index in [0.29, 0.717) is 28.1 Å². The summed E-state index contributed by atoms with van der Waals surface area (Å²) in [5, 5.41) is 2.43. The number of thiocarbonyl (C=S) groups is 1. The SMILES string of the molecule is CCOc1ccc(C(=O)NC(=S)NNC(=O)COc2ccc(Br)c(C)c2)cc1Br. The monoisotopic (exact) mass is 543 g/mol. The van der Waals surface area contributed by atoms with E-state index in [4.69, 9.17) is 21.7 Å². The third-order valence-electron chi connectivity index (χ3n) is 3.54. The normalized spacial score (nSPS) is 10.1. The minimum atomic E-state index is -0.453. The average Bonchev–Trinajstić information content (AvgIpc) is 2.69. The Morgan fingerprint density at radius 2 is 1.79 bits per heavy atom. The standard InChI is InChI=1S/C19H19Br2N3O4S/c1-3-27-16-7-4-12(9-15(16)21)18(26)22-19(29)24-23-17(25)10-28-13-5-6-14(20)11(2)8-13/h4-9H,3,10H2,1-2H3,(H,23,25)(H2,22,24,26,29). The molecule has 0 atom stereocenters. The minimum Gasteiger partial charge on any atom is -0.493 e. The highest BCUT2D eigenvalue weighted by Crippen LogP contribution is 2.26. The zero-order chi connectivity index (χ0) is 21.4. The summed E-state index contributed by atoms with van der Waals surface area (Å²) in [7, 11) is 0. The Balaban J connectivity index is 1.78. The Hall–Kier alpha value is -2.17. The van der Waals surface area contributed by atoms with Gasteiger partial charge in [-0.3, -0.25) is 25.8 Å². The molecular formula is C19H19Br2N3O4S. The molecule has 2 aromatic carbocycles. The molecule has 0 bridgehead atoms. The number of carbonyl (C=O) groups excluding carboxylic acids is 2. The van der Waals surface area contributed by atoms with Gasteiger partial charge in [0, 0.05) is 10.0 Å². The molecule has 2 aromatic rings. The summed E-state index contributed by atoms with van der Waals surface area (Å²) >= 11 is 11.8. The molecule has 0 saturated heterocycles. The van der Waals surface area contributed by atoms with Crippen LogP contribution in [-0.4, -0.2) is 30.1 Å². The highest BCUT2D eigenvalue weighted by molar-refractivity contribution is 9.10. The first-order chi connectivity index (χ1) is 13.8. The topological polar surface area (TPSA) is 88.7 Å². The van der Waals surface area contributed by atoms with Crippen LogP contribution in [-0.2, 0) is 4.79 Å². The Bertz CT molecular complexity index is 924. The smallest absolute Gasteiger partial charge is 0.276 e. The summed E-state index contributed by atoms with van der Waals surface area (Å²) in [5.74, 6) is 0.323. The molecule has 0 fully saturated rings. The van der Waals surface area contributed by atoms with Crippen molar-refractivity contribution in [3.05, 3.63) is 56.5 Å². The number of rotatable bonds is 6. The first-order valence-electron chi connectivity index (χ1n) is 8.51. The number of halogens is 2. The predicted molar refractivity (Wildman–Crippen MR) is 121 cm³/mol. The van der Waals surface area contributed by atoms with Gasteiger partial charge in [0.2, 0.25) is 0 Å². The molecule has 0 radical (unpaired) electrons. The lowest BCUT2D eigenvalue weighted by molar-refractivity contribution is -0.123. The van der Waals surface area contributed by atoms with E-state index in [-0.39, 0.29) is 11.7 Å². The van der Waals surface area contributed by atoms with Crippen molar-refractivity contribution in [3.63, 3.8) is 0 Å². The van der Waals surface area contributed by atoms with Gasteiger partial charge in [-0.2, -0.15) is 0 Å². The van der Waals surface area contributed by atoms with Crippen LogP contribution in [0.1, 0.15) is 22.8 Å². The zero-order valence-corrected chi connectivity index (χ0v) is 19.7. The van der Waals surface area contributed by atoms with Crippen LogP contribution in [0.4, 0.5) is 0 Å². The van der Waals surface area contributed by atoms with E-state index in [9.17, 15) is 9.59 Å². The summed E-state index contributed by atoms with van der Waals surface area (Å²) in [5.41, 5.74) is 6.20. The van der Waals surface area contributed by atoms with Crippen LogP contribution in [0.25, 0.3) is 0 Å². The number of amides is 2. The molecule has 2 rings (SSSR count). The second-order valence-corrected chi connectivity index (χ2v) is 7.85. The van der Waals surface area contributed by atoms with E-state index in [2.05, 4.69) is 48.0 Å². The number of hydrazine groups is 1. The summed E-state index contributed by atoms with van der Waals surface area (Å²) in [6, 6.07) is 10.3. The van der Waals surface area contributed by atoms with Gasteiger partial charge in [0.25, 0.3) is 11.8 Å². The van der Waals surface area contributed by atoms with Crippen LogP contribution >= 0.6 is 44.1 Å². The number of nitrogens with one attached hydrogen (secondary N) is 3. The lowest BCUT2D eigenvalue weighted by Crippen LogP contribution is -2.49. The van der Waals surface area contributed by atoms with Crippen molar-refractivity contribution in [3.8, 4) is 11.5 Å². The Morgan fingerprint density at radius 1 is 1.03 bits per heavy atom. The lowest BCUT2D eigenvalue weighted by Gasteiger charge is -2.12. The Kier molecular flexibility index (Phi) is 8.87. The quantitative estimate of drug-likeness (QED) is 0.380. The average molecular weight is 545 g/mol. The van der Waals surface area contributed by atoms with Crippen LogP contribution in [0.5, 0.6) is 11.5 Å².